The Kier molecular flexibility index (Phi) is 3.10. The minimum Gasteiger partial charge on any atom is -0.506 e. The van der Waals surface area contributed by atoms with E-state index in [-0.39, 0.29) is 16.6 Å². The Morgan fingerprint density at radius 1 is 1.30 bits per heavy atom. The molecule has 0 aliphatic rings. The van der Waals surface area contributed by atoms with E-state index in [0.29, 0.717) is 17.9 Å². The molecule has 0 aliphatic carbocycles. The van der Waals surface area contributed by atoms with Crippen molar-refractivity contribution in [1.82, 2.24) is 9.55 Å². The molecule has 3 nitrogen and oxygen atoms in total. The summed E-state index contributed by atoms with van der Waals surface area (Å²) in [6, 6.07) is 9.74. The number of imidazole rings is 1. The van der Waals surface area contributed by atoms with Gasteiger partial charge in [-0.3, -0.25) is 0 Å². The summed E-state index contributed by atoms with van der Waals surface area (Å²) in [5.41, 5.74) is 1.82. The summed E-state index contributed by atoms with van der Waals surface area (Å²) in [4.78, 5) is 4.37. The third-order valence-electron chi connectivity index (χ3n) is 3.25. The smallest absolute Gasteiger partial charge is 0.151 e. The molecule has 0 radical (unpaired) electrons. The van der Waals surface area contributed by atoms with Crippen LogP contribution in [0, 0.1) is 5.82 Å². The van der Waals surface area contributed by atoms with Gasteiger partial charge in [0, 0.05) is 12.1 Å². The van der Waals surface area contributed by atoms with E-state index in [9.17, 15) is 9.50 Å². The van der Waals surface area contributed by atoms with Crippen molar-refractivity contribution in [2.75, 3.05) is 0 Å². The first-order chi connectivity index (χ1) is 9.61. The van der Waals surface area contributed by atoms with Crippen molar-refractivity contribution in [2.24, 2.45) is 0 Å². The highest BCUT2D eigenvalue weighted by molar-refractivity contribution is 6.32. The highest BCUT2D eigenvalue weighted by Gasteiger charge is 2.15. The largest absolute Gasteiger partial charge is 0.506 e. The minimum absolute atomic E-state index is 0.0146. The van der Waals surface area contributed by atoms with Gasteiger partial charge in [0.25, 0.3) is 0 Å². The van der Waals surface area contributed by atoms with Crippen LogP contribution >= 0.6 is 11.6 Å². The van der Waals surface area contributed by atoms with Crippen molar-refractivity contribution in [3.05, 3.63) is 47.2 Å². The van der Waals surface area contributed by atoms with Crippen LogP contribution in [0.4, 0.5) is 4.39 Å². The Bertz CT molecular complexity index is 798. The maximum Gasteiger partial charge on any atom is 0.151 e. The Balaban J connectivity index is 2.30. The molecule has 1 N–H and O–H groups in total. The van der Waals surface area contributed by atoms with E-state index in [0.717, 1.165) is 11.1 Å². The van der Waals surface area contributed by atoms with Crippen LogP contribution < -0.4 is 0 Å². The van der Waals surface area contributed by atoms with Gasteiger partial charge in [-0.1, -0.05) is 17.7 Å². The van der Waals surface area contributed by atoms with E-state index >= 15 is 0 Å². The standard InChI is InChI=1S/C15H12ClFN2O/c1-2-19-12-5-3-4-11(17)14(12)18-15(19)9-6-7-13(20)10(16)8-9/h3-8,20H,2H2,1H3. The molecule has 3 aromatic rings. The molecule has 0 amide bonds. The molecule has 2 aromatic carbocycles. The van der Waals surface area contributed by atoms with E-state index in [1.54, 1.807) is 18.2 Å². The van der Waals surface area contributed by atoms with Crippen LogP contribution in [0.2, 0.25) is 5.02 Å². The van der Waals surface area contributed by atoms with E-state index in [4.69, 9.17) is 11.6 Å². The van der Waals surface area contributed by atoms with Crippen LogP contribution in [0.3, 0.4) is 0 Å². The lowest BCUT2D eigenvalue weighted by Crippen LogP contribution is -1.97. The van der Waals surface area contributed by atoms with Gasteiger partial charge in [0.05, 0.1) is 10.5 Å². The molecular formula is C15H12ClFN2O. The zero-order chi connectivity index (χ0) is 14.3. The number of aromatic hydroxyl groups is 1. The second kappa shape index (κ2) is 4.80. The number of aryl methyl sites for hydroxylation is 1. The van der Waals surface area contributed by atoms with Gasteiger partial charge < -0.3 is 9.67 Å². The number of hydrogen-bond acceptors (Lipinski definition) is 2. The molecule has 3 rings (SSSR count). The van der Waals surface area contributed by atoms with Crippen molar-refractivity contribution >= 4 is 22.6 Å². The number of fused-ring (bicyclic) bond motifs is 1. The lowest BCUT2D eigenvalue weighted by molar-refractivity contribution is 0.475. The molecule has 1 heterocycles. The molecule has 0 saturated heterocycles. The number of rotatable bonds is 2. The summed E-state index contributed by atoms with van der Waals surface area (Å²) < 4.78 is 15.8. The monoisotopic (exact) mass is 290 g/mol. The average molecular weight is 291 g/mol. The lowest BCUT2D eigenvalue weighted by atomic mass is 10.2. The summed E-state index contributed by atoms with van der Waals surface area (Å²) in [5, 5.41) is 9.73. The number of phenolic OH excluding ortho intramolecular Hbond substituents is 1. The summed E-state index contributed by atoms with van der Waals surface area (Å²) in [6.45, 7) is 2.63. The quantitative estimate of drug-likeness (QED) is 0.767. The minimum atomic E-state index is -0.346. The molecular weight excluding hydrogens is 279 g/mol. The number of benzene rings is 2. The van der Waals surface area contributed by atoms with Crippen LogP contribution in [0.15, 0.2) is 36.4 Å². The maximum atomic E-state index is 13.8. The Morgan fingerprint density at radius 3 is 2.80 bits per heavy atom. The molecule has 0 bridgehead atoms. The number of nitrogens with zero attached hydrogens (tertiary/aromatic N) is 2. The normalized spacial score (nSPS) is 11.2. The first-order valence-electron chi connectivity index (χ1n) is 6.25. The maximum absolute atomic E-state index is 13.8. The lowest BCUT2D eigenvalue weighted by Gasteiger charge is -2.07. The third-order valence-corrected chi connectivity index (χ3v) is 3.55. The predicted molar refractivity (Wildman–Crippen MR) is 77.5 cm³/mol. The molecule has 0 aliphatic heterocycles. The number of para-hydroxylation sites is 1. The highest BCUT2D eigenvalue weighted by atomic mass is 35.5. The second-order valence-corrected chi connectivity index (χ2v) is 4.86. The van der Waals surface area contributed by atoms with E-state index in [2.05, 4.69) is 4.98 Å². The summed E-state index contributed by atoms with van der Waals surface area (Å²) in [5.74, 6) is 0.302. The summed E-state index contributed by atoms with van der Waals surface area (Å²) >= 11 is 5.93. The Hall–Kier alpha value is -2.07. The average Bonchev–Trinajstić information content (AvgIpc) is 2.82. The summed E-state index contributed by atoms with van der Waals surface area (Å²) in [6.07, 6.45) is 0. The van der Waals surface area contributed by atoms with Crippen LogP contribution in [-0.4, -0.2) is 14.7 Å². The van der Waals surface area contributed by atoms with Gasteiger partial charge in [-0.05, 0) is 37.3 Å². The molecule has 5 heteroatoms. The fourth-order valence-corrected chi connectivity index (χ4v) is 2.48. The Labute approximate surface area is 120 Å². The molecule has 1 aromatic heterocycles. The highest BCUT2D eigenvalue weighted by Crippen LogP contribution is 2.31. The SMILES string of the molecule is CCn1c(-c2ccc(O)c(Cl)c2)nc2c(F)cccc21. The number of hydrogen-bond donors (Lipinski definition) is 1. The van der Waals surface area contributed by atoms with Crippen LogP contribution in [-0.2, 0) is 6.54 Å². The van der Waals surface area contributed by atoms with Gasteiger partial charge in [0.2, 0.25) is 0 Å². The topological polar surface area (TPSA) is 38.0 Å². The van der Waals surface area contributed by atoms with Gasteiger partial charge in [0.1, 0.15) is 17.1 Å². The van der Waals surface area contributed by atoms with Crippen molar-refractivity contribution < 1.29 is 9.50 Å². The van der Waals surface area contributed by atoms with E-state index < -0.39 is 0 Å². The molecule has 0 spiro atoms. The van der Waals surface area contributed by atoms with Gasteiger partial charge in [0.15, 0.2) is 5.82 Å². The van der Waals surface area contributed by atoms with Crippen molar-refractivity contribution in [3.8, 4) is 17.1 Å². The molecule has 20 heavy (non-hydrogen) atoms. The van der Waals surface area contributed by atoms with Crippen molar-refractivity contribution in [2.45, 2.75) is 13.5 Å². The van der Waals surface area contributed by atoms with Crippen LogP contribution in [0.25, 0.3) is 22.4 Å². The second-order valence-electron chi connectivity index (χ2n) is 4.45. The first-order valence-corrected chi connectivity index (χ1v) is 6.63. The molecule has 0 fully saturated rings. The fraction of sp³-hybridized carbons (Fsp3) is 0.133. The van der Waals surface area contributed by atoms with Gasteiger partial charge >= 0.3 is 0 Å². The van der Waals surface area contributed by atoms with Crippen LogP contribution in [0.1, 0.15) is 6.92 Å². The number of phenols is 1. The summed E-state index contributed by atoms with van der Waals surface area (Å²) in [7, 11) is 0. The van der Waals surface area contributed by atoms with E-state index in [1.165, 1.54) is 12.1 Å². The predicted octanol–water partition coefficient (Wildman–Crippen LogP) is 4.22. The third kappa shape index (κ3) is 1.93. The van der Waals surface area contributed by atoms with Crippen LogP contribution in [0.5, 0.6) is 5.75 Å². The zero-order valence-corrected chi connectivity index (χ0v) is 11.5. The van der Waals surface area contributed by atoms with Gasteiger partial charge in [-0.15, -0.1) is 0 Å². The number of halogens is 2. The number of aromatic nitrogens is 2. The fourth-order valence-electron chi connectivity index (χ4n) is 2.30. The zero-order valence-electron chi connectivity index (χ0n) is 10.8. The van der Waals surface area contributed by atoms with E-state index in [1.807, 2.05) is 17.6 Å². The Morgan fingerprint density at radius 2 is 2.10 bits per heavy atom. The molecule has 0 atom stereocenters. The first kappa shape index (κ1) is 12.9. The van der Waals surface area contributed by atoms with Gasteiger partial charge in [-0.2, -0.15) is 0 Å². The molecule has 0 saturated carbocycles. The molecule has 102 valence electrons. The van der Waals surface area contributed by atoms with Crippen molar-refractivity contribution in [1.29, 1.82) is 0 Å². The van der Waals surface area contributed by atoms with Crippen molar-refractivity contribution in [3.63, 3.8) is 0 Å². The molecule has 0 unspecified atom stereocenters. The van der Waals surface area contributed by atoms with Gasteiger partial charge in [-0.25, -0.2) is 9.37 Å².